The Morgan fingerprint density at radius 3 is 2.45 bits per heavy atom. The molecule has 0 saturated heterocycles. The van der Waals surface area contributed by atoms with Crippen molar-refractivity contribution in [1.29, 1.82) is 0 Å². The number of primary amides is 1. The van der Waals surface area contributed by atoms with Crippen LogP contribution in [0.5, 0.6) is 5.75 Å². The van der Waals surface area contributed by atoms with Gasteiger partial charge in [-0.05, 0) is 58.3 Å². The first kappa shape index (κ1) is 29.0. The molecular formula is C28H34N4O8. The maximum atomic E-state index is 13.8. The van der Waals surface area contributed by atoms with Gasteiger partial charge in [-0.3, -0.25) is 24.1 Å². The number of likely N-dealkylation sites (N-methyl/N-ethyl adjacent to an activating group) is 1. The lowest BCUT2D eigenvalue weighted by Crippen LogP contribution is -2.65. The molecule has 40 heavy (non-hydrogen) atoms. The summed E-state index contributed by atoms with van der Waals surface area (Å²) < 4.78 is 0. The highest BCUT2D eigenvalue weighted by atomic mass is 16.3. The number of nitrogens with two attached hydrogens (primary N) is 1. The number of rotatable bonds is 7. The summed E-state index contributed by atoms with van der Waals surface area (Å²) in [6.45, 7) is 4.29. The minimum Gasteiger partial charge on any atom is -0.508 e. The molecule has 0 spiro atoms. The first-order chi connectivity index (χ1) is 18.7. The number of allylic oxidation sites excluding steroid dienone is 1. The molecule has 3 aliphatic carbocycles. The minimum absolute atomic E-state index is 0.00234. The number of amides is 2. The lowest BCUT2D eigenvalue weighted by Gasteiger charge is -2.50. The number of Topliss-reactive ketones (excluding diaryl/α,β-unsaturated/α-hetero) is 2. The summed E-state index contributed by atoms with van der Waals surface area (Å²) in [5.41, 5.74) is 2.99. The van der Waals surface area contributed by atoms with Crippen molar-refractivity contribution in [2.24, 2.45) is 17.6 Å². The van der Waals surface area contributed by atoms with Crippen molar-refractivity contribution in [2.75, 3.05) is 32.5 Å². The quantitative estimate of drug-likeness (QED) is 0.107. The molecule has 1 aromatic rings. The van der Waals surface area contributed by atoms with E-state index in [2.05, 4.69) is 10.6 Å². The number of ketones is 2. The molecule has 0 aliphatic heterocycles. The fraction of sp³-hybridized carbons (Fsp3) is 0.429. The Bertz CT molecular complexity index is 1400. The zero-order valence-corrected chi connectivity index (χ0v) is 22.7. The monoisotopic (exact) mass is 554 g/mol. The van der Waals surface area contributed by atoms with Crippen LogP contribution in [0.2, 0.25) is 0 Å². The van der Waals surface area contributed by atoms with Gasteiger partial charge in [0.25, 0.3) is 5.91 Å². The predicted octanol–water partition coefficient (Wildman–Crippen LogP) is 0.458. The Morgan fingerprint density at radius 1 is 1.18 bits per heavy atom. The van der Waals surface area contributed by atoms with Gasteiger partial charge in [-0.15, -0.1) is 0 Å². The average Bonchev–Trinajstić information content (AvgIpc) is 2.85. The van der Waals surface area contributed by atoms with Crippen LogP contribution >= 0.6 is 0 Å². The van der Waals surface area contributed by atoms with Crippen molar-refractivity contribution in [3.05, 3.63) is 51.8 Å². The van der Waals surface area contributed by atoms with Gasteiger partial charge in [-0.2, -0.15) is 0 Å². The van der Waals surface area contributed by atoms with E-state index >= 15 is 0 Å². The van der Waals surface area contributed by atoms with Gasteiger partial charge in [-0.1, -0.05) is 17.7 Å². The molecule has 3 unspecified atom stereocenters. The van der Waals surface area contributed by atoms with Crippen LogP contribution in [0.15, 0.2) is 40.7 Å². The molecule has 1 saturated carbocycles. The Hall–Kier alpha value is -4.00. The maximum Gasteiger partial charge on any atom is 0.255 e. The lowest BCUT2D eigenvalue weighted by atomic mass is 9.57. The van der Waals surface area contributed by atoms with Gasteiger partial charge in [-0.25, -0.2) is 0 Å². The van der Waals surface area contributed by atoms with E-state index in [1.165, 1.54) is 11.0 Å². The highest BCUT2D eigenvalue weighted by Crippen LogP contribution is 2.53. The van der Waals surface area contributed by atoms with Crippen LogP contribution in [0.3, 0.4) is 0 Å². The SMILES string of the molecule is CC(C)=CCNCC(=O)Nc1ccc2c(c1O)C(O)=C1C(=O)C3(O)C(O)=C(C(N)=O)C(=O)[C@@H](N(C)C)C3CC1C2. The van der Waals surface area contributed by atoms with Crippen LogP contribution in [-0.2, 0) is 25.6 Å². The van der Waals surface area contributed by atoms with E-state index < -0.39 is 69.7 Å². The highest BCUT2D eigenvalue weighted by Gasteiger charge is 2.64. The van der Waals surface area contributed by atoms with Crippen LogP contribution in [-0.4, -0.2) is 87.5 Å². The number of phenolic OH excluding ortho intramolecular Hbond substituents is 1. The number of nitrogens with zero attached hydrogens (tertiary/aromatic N) is 1. The lowest BCUT2D eigenvalue weighted by molar-refractivity contribution is -0.153. The van der Waals surface area contributed by atoms with Gasteiger partial charge in [0.05, 0.1) is 23.8 Å². The van der Waals surface area contributed by atoms with Gasteiger partial charge in [0.2, 0.25) is 11.7 Å². The molecule has 2 amide bonds. The number of aliphatic hydroxyl groups excluding tert-OH is 2. The third-order valence-corrected chi connectivity index (χ3v) is 7.81. The number of hydrogen-bond donors (Lipinski definition) is 7. The number of carbonyl (C=O) groups excluding carboxylic acids is 4. The number of phenols is 1. The number of benzene rings is 1. The molecule has 0 bridgehead atoms. The molecule has 8 N–H and O–H groups in total. The topological polar surface area (TPSA) is 203 Å². The van der Waals surface area contributed by atoms with Crippen molar-refractivity contribution in [3.8, 4) is 5.75 Å². The first-order valence-electron chi connectivity index (χ1n) is 12.8. The standard InChI is InChI=1S/C28H34N4O8/c1-12(2)7-8-30-11-17(33)31-16-6-5-13-9-14-10-15-21(32(3)4)24(36)20(27(29)39)26(38)28(15,40)25(37)19(14)23(35)18(13)22(16)34/h5-7,14-15,21,30,34-35,38,40H,8-11H2,1-4H3,(H2,29,39)(H,31,33)/t14?,15?,21-,28?/m0/s1. The van der Waals surface area contributed by atoms with E-state index in [1.54, 1.807) is 20.2 Å². The van der Waals surface area contributed by atoms with Crippen LogP contribution in [0.4, 0.5) is 5.69 Å². The Labute approximate surface area is 230 Å². The van der Waals surface area contributed by atoms with E-state index in [4.69, 9.17) is 5.73 Å². The molecule has 0 radical (unpaired) electrons. The van der Waals surface area contributed by atoms with Gasteiger partial charge < -0.3 is 36.8 Å². The number of aromatic hydroxyl groups is 1. The molecule has 4 atom stereocenters. The summed E-state index contributed by atoms with van der Waals surface area (Å²) in [5, 5.41) is 50.3. The summed E-state index contributed by atoms with van der Waals surface area (Å²) in [7, 11) is 3.08. The second kappa shape index (κ2) is 10.5. The second-order valence-corrected chi connectivity index (χ2v) is 10.9. The van der Waals surface area contributed by atoms with E-state index in [0.29, 0.717) is 12.1 Å². The number of anilines is 1. The summed E-state index contributed by atoms with van der Waals surface area (Å²) in [6.07, 6.45) is 2.08. The third-order valence-electron chi connectivity index (χ3n) is 7.81. The van der Waals surface area contributed by atoms with Crippen LogP contribution in [0, 0.1) is 11.8 Å². The number of aliphatic hydroxyl groups is 3. The van der Waals surface area contributed by atoms with Crippen molar-refractivity contribution < 1.29 is 39.6 Å². The van der Waals surface area contributed by atoms with E-state index in [1.807, 2.05) is 19.9 Å². The first-order valence-corrected chi connectivity index (χ1v) is 12.8. The molecule has 3 aliphatic rings. The average molecular weight is 555 g/mol. The van der Waals surface area contributed by atoms with E-state index in [0.717, 1.165) is 5.57 Å². The molecule has 0 heterocycles. The van der Waals surface area contributed by atoms with Gasteiger partial charge in [0, 0.05) is 18.0 Å². The van der Waals surface area contributed by atoms with Gasteiger partial charge in [0.1, 0.15) is 22.8 Å². The van der Waals surface area contributed by atoms with Crippen molar-refractivity contribution in [3.63, 3.8) is 0 Å². The van der Waals surface area contributed by atoms with Crippen molar-refractivity contribution in [2.45, 2.75) is 38.3 Å². The summed E-state index contributed by atoms with van der Waals surface area (Å²) >= 11 is 0. The Balaban J connectivity index is 1.74. The van der Waals surface area contributed by atoms with Crippen molar-refractivity contribution in [1.82, 2.24) is 10.2 Å². The summed E-state index contributed by atoms with van der Waals surface area (Å²) in [5.74, 6) is -7.68. The smallest absolute Gasteiger partial charge is 0.255 e. The highest BCUT2D eigenvalue weighted by molar-refractivity contribution is 6.24. The van der Waals surface area contributed by atoms with Gasteiger partial charge in [0.15, 0.2) is 11.4 Å². The molecule has 1 fully saturated rings. The largest absolute Gasteiger partial charge is 0.508 e. The zero-order chi connectivity index (χ0) is 29.7. The molecule has 0 aromatic heterocycles. The summed E-state index contributed by atoms with van der Waals surface area (Å²) in [4.78, 5) is 52.9. The van der Waals surface area contributed by atoms with Crippen LogP contribution in [0.25, 0.3) is 5.76 Å². The maximum absolute atomic E-state index is 13.8. The number of carbonyl (C=O) groups is 4. The van der Waals surface area contributed by atoms with E-state index in [9.17, 15) is 39.6 Å². The fourth-order valence-electron chi connectivity index (χ4n) is 5.98. The van der Waals surface area contributed by atoms with Crippen molar-refractivity contribution >= 4 is 34.8 Å². The molecule has 214 valence electrons. The third kappa shape index (κ3) is 4.57. The summed E-state index contributed by atoms with van der Waals surface area (Å²) in [6, 6.07) is 1.95. The number of nitrogens with one attached hydrogen (secondary N) is 2. The Morgan fingerprint density at radius 2 is 1.85 bits per heavy atom. The number of fused-ring (bicyclic) bond motifs is 3. The molecular weight excluding hydrogens is 520 g/mol. The van der Waals surface area contributed by atoms with Crippen LogP contribution in [0.1, 0.15) is 31.4 Å². The molecule has 12 nitrogen and oxygen atoms in total. The minimum atomic E-state index is -2.71. The van der Waals surface area contributed by atoms with Crippen LogP contribution < -0.4 is 16.4 Å². The normalized spacial score (nSPS) is 25.8. The second-order valence-electron chi connectivity index (χ2n) is 10.9. The number of hydrogen-bond acceptors (Lipinski definition) is 10. The molecule has 4 rings (SSSR count). The fourth-order valence-corrected chi connectivity index (χ4v) is 5.98. The predicted molar refractivity (Wildman–Crippen MR) is 145 cm³/mol. The van der Waals surface area contributed by atoms with Gasteiger partial charge >= 0.3 is 0 Å². The molecule has 12 heteroatoms. The molecule has 1 aromatic carbocycles. The zero-order valence-electron chi connectivity index (χ0n) is 22.7. The van der Waals surface area contributed by atoms with E-state index in [-0.39, 0.29) is 36.2 Å². The Kier molecular flexibility index (Phi) is 7.63.